The van der Waals surface area contributed by atoms with Crippen LogP contribution in [0.15, 0.2) is 24.3 Å². The molecular formula is C17H23N3O4. The molecule has 2 aliphatic rings. The van der Waals surface area contributed by atoms with Gasteiger partial charge in [-0.05, 0) is 49.9 Å². The minimum absolute atomic E-state index is 0.171. The van der Waals surface area contributed by atoms with Crippen LogP contribution in [0.25, 0.3) is 0 Å². The first-order valence-corrected chi connectivity index (χ1v) is 8.35. The molecule has 1 heterocycles. The molecule has 3 amide bonds. The van der Waals surface area contributed by atoms with E-state index in [2.05, 4.69) is 5.32 Å². The predicted molar refractivity (Wildman–Crippen MR) is 88.9 cm³/mol. The van der Waals surface area contributed by atoms with Crippen molar-refractivity contribution in [2.75, 3.05) is 25.0 Å². The summed E-state index contributed by atoms with van der Waals surface area (Å²) in [5.74, 6) is 0.265. The van der Waals surface area contributed by atoms with Gasteiger partial charge in [-0.2, -0.15) is 0 Å². The molecule has 0 radical (unpaired) electrons. The average molecular weight is 333 g/mol. The van der Waals surface area contributed by atoms with Crippen LogP contribution in [0.2, 0.25) is 0 Å². The summed E-state index contributed by atoms with van der Waals surface area (Å²) in [4.78, 5) is 25.0. The number of anilines is 1. The van der Waals surface area contributed by atoms with Crippen molar-refractivity contribution >= 4 is 17.6 Å². The van der Waals surface area contributed by atoms with Gasteiger partial charge in [0, 0.05) is 12.2 Å². The second kappa shape index (κ2) is 7.53. The summed E-state index contributed by atoms with van der Waals surface area (Å²) in [5, 5.41) is 2.82. The second-order valence-corrected chi connectivity index (χ2v) is 6.19. The highest BCUT2D eigenvalue weighted by molar-refractivity contribution is 5.90. The van der Waals surface area contributed by atoms with E-state index in [1.165, 1.54) is 17.7 Å². The van der Waals surface area contributed by atoms with E-state index < -0.39 is 12.0 Å². The molecule has 1 unspecified atom stereocenters. The molecule has 1 aromatic rings. The van der Waals surface area contributed by atoms with Crippen LogP contribution >= 0.6 is 0 Å². The SMILES string of the molecule is NC(=O)C1CN(C(=O)Nc2ccc(OC3CCCC3)cc2)CCO1. The summed E-state index contributed by atoms with van der Waals surface area (Å²) in [6, 6.07) is 7.08. The summed E-state index contributed by atoms with van der Waals surface area (Å²) < 4.78 is 11.1. The van der Waals surface area contributed by atoms with Gasteiger partial charge in [0.25, 0.3) is 0 Å². The fourth-order valence-corrected chi connectivity index (χ4v) is 3.02. The highest BCUT2D eigenvalue weighted by atomic mass is 16.5. The number of carbonyl (C=O) groups excluding carboxylic acids is 2. The van der Waals surface area contributed by atoms with E-state index in [9.17, 15) is 9.59 Å². The number of nitrogens with one attached hydrogen (secondary N) is 1. The van der Waals surface area contributed by atoms with Gasteiger partial charge in [0.15, 0.2) is 6.10 Å². The third kappa shape index (κ3) is 4.17. The Morgan fingerprint density at radius 3 is 2.58 bits per heavy atom. The topological polar surface area (TPSA) is 93.9 Å². The molecule has 130 valence electrons. The maximum Gasteiger partial charge on any atom is 0.322 e. The number of morpholine rings is 1. The van der Waals surface area contributed by atoms with E-state index in [4.69, 9.17) is 15.2 Å². The Bertz CT molecular complexity index is 584. The zero-order valence-electron chi connectivity index (χ0n) is 13.6. The Kier molecular flexibility index (Phi) is 5.20. The molecule has 24 heavy (non-hydrogen) atoms. The number of nitrogens with two attached hydrogens (primary N) is 1. The van der Waals surface area contributed by atoms with Crippen molar-refractivity contribution in [3.63, 3.8) is 0 Å². The van der Waals surface area contributed by atoms with Crippen LogP contribution in [0, 0.1) is 0 Å². The van der Waals surface area contributed by atoms with Crippen LogP contribution in [0.3, 0.4) is 0 Å². The first-order chi connectivity index (χ1) is 11.6. The summed E-state index contributed by atoms with van der Waals surface area (Å²) in [6.07, 6.45) is 4.23. The number of benzene rings is 1. The summed E-state index contributed by atoms with van der Waals surface area (Å²) in [7, 11) is 0. The summed E-state index contributed by atoms with van der Waals surface area (Å²) >= 11 is 0. The first kappa shape index (κ1) is 16.6. The van der Waals surface area contributed by atoms with Crippen LogP contribution in [-0.4, -0.2) is 48.7 Å². The van der Waals surface area contributed by atoms with Gasteiger partial charge in [-0.3, -0.25) is 4.79 Å². The van der Waals surface area contributed by atoms with Gasteiger partial charge < -0.3 is 25.4 Å². The third-order valence-electron chi connectivity index (χ3n) is 4.38. The molecule has 7 nitrogen and oxygen atoms in total. The van der Waals surface area contributed by atoms with Gasteiger partial charge >= 0.3 is 6.03 Å². The number of amides is 3. The van der Waals surface area contributed by atoms with Gasteiger partial charge in [0.1, 0.15) is 5.75 Å². The molecule has 3 rings (SSSR count). The molecule has 1 saturated heterocycles. The first-order valence-electron chi connectivity index (χ1n) is 8.35. The van der Waals surface area contributed by atoms with Gasteiger partial charge in [-0.25, -0.2) is 4.79 Å². The standard InChI is InChI=1S/C17H23N3O4/c18-16(21)15-11-20(9-10-23-15)17(22)19-12-5-7-14(8-6-12)24-13-3-1-2-4-13/h5-8,13,15H,1-4,9-11H2,(H2,18,21)(H,19,22). The Hall–Kier alpha value is -2.28. The van der Waals surface area contributed by atoms with Crippen LogP contribution in [0.4, 0.5) is 10.5 Å². The summed E-state index contributed by atoms with van der Waals surface area (Å²) in [5.41, 5.74) is 5.91. The molecule has 2 fully saturated rings. The number of carbonyl (C=O) groups is 2. The number of nitrogens with zero attached hydrogens (tertiary/aromatic N) is 1. The normalized spacial score (nSPS) is 21.5. The third-order valence-corrected chi connectivity index (χ3v) is 4.38. The zero-order valence-corrected chi connectivity index (χ0v) is 13.6. The van der Waals surface area contributed by atoms with Crippen molar-refractivity contribution in [2.24, 2.45) is 5.73 Å². The molecular weight excluding hydrogens is 310 g/mol. The van der Waals surface area contributed by atoms with Crippen LogP contribution in [-0.2, 0) is 9.53 Å². The molecule has 0 bridgehead atoms. The molecule has 1 aliphatic carbocycles. The number of ether oxygens (including phenoxy) is 2. The predicted octanol–water partition coefficient (Wildman–Crippen LogP) is 1.73. The van der Waals surface area contributed by atoms with E-state index in [0.717, 1.165) is 18.6 Å². The van der Waals surface area contributed by atoms with Gasteiger partial charge in [0.2, 0.25) is 5.91 Å². The van der Waals surface area contributed by atoms with Crippen molar-refractivity contribution in [1.82, 2.24) is 4.90 Å². The lowest BCUT2D eigenvalue weighted by atomic mass is 10.2. The minimum atomic E-state index is -0.744. The van der Waals surface area contributed by atoms with E-state index in [0.29, 0.717) is 24.9 Å². The number of primary amides is 1. The average Bonchev–Trinajstić information content (AvgIpc) is 3.10. The lowest BCUT2D eigenvalue weighted by Crippen LogP contribution is -2.51. The fourth-order valence-electron chi connectivity index (χ4n) is 3.02. The highest BCUT2D eigenvalue weighted by Gasteiger charge is 2.27. The number of urea groups is 1. The molecule has 3 N–H and O–H groups in total. The maximum absolute atomic E-state index is 12.3. The van der Waals surface area contributed by atoms with Gasteiger partial charge in [-0.15, -0.1) is 0 Å². The molecule has 1 aliphatic heterocycles. The molecule has 1 aromatic carbocycles. The maximum atomic E-state index is 12.3. The summed E-state index contributed by atoms with van der Waals surface area (Å²) in [6.45, 7) is 0.901. The molecule has 1 saturated carbocycles. The molecule has 7 heteroatoms. The van der Waals surface area contributed by atoms with Crippen molar-refractivity contribution < 1.29 is 19.1 Å². The van der Waals surface area contributed by atoms with Crippen molar-refractivity contribution in [2.45, 2.75) is 37.9 Å². The second-order valence-electron chi connectivity index (χ2n) is 6.19. The van der Waals surface area contributed by atoms with Crippen LogP contribution < -0.4 is 15.8 Å². The van der Waals surface area contributed by atoms with Crippen LogP contribution in [0.1, 0.15) is 25.7 Å². The van der Waals surface area contributed by atoms with Crippen molar-refractivity contribution in [3.8, 4) is 5.75 Å². The quantitative estimate of drug-likeness (QED) is 0.877. The fraction of sp³-hybridized carbons (Fsp3) is 0.529. The van der Waals surface area contributed by atoms with E-state index in [1.807, 2.05) is 24.3 Å². The minimum Gasteiger partial charge on any atom is -0.490 e. The largest absolute Gasteiger partial charge is 0.490 e. The van der Waals surface area contributed by atoms with Crippen LogP contribution in [0.5, 0.6) is 5.75 Å². The van der Waals surface area contributed by atoms with Crippen molar-refractivity contribution in [1.29, 1.82) is 0 Å². The number of hydrogen-bond acceptors (Lipinski definition) is 4. The van der Waals surface area contributed by atoms with E-state index >= 15 is 0 Å². The van der Waals surface area contributed by atoms with Crippen molar-refractivity contribution in [3.05, 3.63) is 24.3 Å². The Balaban J connectivity index is 1.53. The number of hydrogen-bond donors (Lipinski definition) is 2. The Morgan fingerprint density at radius 1 is 1.21 bits per heavy atom. The molecule has 1 atom stereocenters. The smallest absolute Gasteiger partial charge is 0.322 e. The van der Waals surface area contributed by atoms with Gasteiger partial charge in [0.05, 0.1) is 19.3 Å². The monoisotopic (exact) mass is 333 g/mol. The number of rotatable bonds is 4. The lowest BCUT2D eigenvalue weighted by molar-refractivity contribution is -0.133. The Morgan fingerprint density at radius 2 is 1.92 bits per heavy atom. The van der Waals surface area contributed by atoms with Gasteiger partial charge in [-0.1, -0.05) is 0 Å². The van der Waals surface area contributed by atoms with E-state index in [-0.39, 0.29) is 12.6 Å². The molecule has 0 aromatic heterocycles. The Labute approximate surface area is 141 Å². The molecule has 0 spiro atoms. The highest BCUT2D eigenvalue weighted by Crippen LogP contribution is 2.25. The zero-order chi connectivity index (χ0) is 16.9. The van der Waals surface area contributed by atoms with E-state index in [1.54, 1.807) is 0 Å². The lowest BCUT2D eigenvalue weighted by Gasteiger charge is -2.31.